The molecule has 0 saturated carbocycles. The molecular formula is C11H13N3O4. The Morgan fingerprint density at radius 3 is 2.56 bits per heavy atom. The molecule has 96 valence electrons. The molecule has 0 aliphatic heterocycles. The monoisotopic (exact) mass is 251 g/mol. The van der Waals surface area contributed by atoms with E-state index in [1.807, 2.05) is 0 Å². The molecule has 1 aromatic rings. The molecule has 18 heavy (non-hydrogen) atoms. The van der Waals surface area contributed by atoms with E-state index in [1.54, 1.807) is 24.5 Å². The van der Waals surface area contributed by atoms with Crippen molar-refractivity contribution in [3.8, 4) is 0 Å². The lowest BCUT2D eigenvalue weighted by atomic mass is 10.2. The number of rotatable bonds is 6. The number of methoxy groups -OCH3 is 2. The van der Waals surface area contributed by atoms with Crippen molar-refractivity contribution >= 4 is 23.2 Å². The molecule has 0 fully saturated rings. The van der Waals surface area contributed by atoms with Crippen LogP contribution in [0.25, 0.3) is 0 Å². The summed E-state index contributed by atoms with van der Waals surface area (Å²) in [6.07, 6.45) is 3.10. The average Bonchev–Trinajstić information content (AvgIpc) is 2.40. The van der Waals surface area contributed by atoms with Gasteiger partial charge < -0.3 is 9.47 Å². The van der Waals surface area contributed by atoms with Gasteiger partial charge in [-0.25, -0.2) is 4.79 Å². The van der Waals surface area contributed by atoms with Gasteiger partial charge in [0.25, 0.3) is 0 Å². The molecule has 1 heterocycles. The SMILES string of the molecule is COCC(=O)C(=NNc1ccncc1)C(=O)OC. The van der Waals surface area contributed by atoms with Gasteiger partial charge in [0.15, 0.2) is 0 Å². The summed E-state index contributed by atoms with van der Waals surface area (Å²) in [6, 6.07) is 3.28. The number of ether oxygens (including phenoxy) is 2. The van der Waals surface area contributed by atoms with Crippen LogP contribution < -0.4 is 5.43 Å². The summed E-state index contributed by atoms with van der Waals surface area (Å²) in [7, 11) is 2.52. The second-order valence-electron chi connectivity index (χ2n) is 3.16. The summed E-state index contributed by atoms with van der Waals surface area (Å²) in [5.41, 5.74) is 2.81. The molecule has 7 heteroatoms. The van der Waals surface area contributed by atoms with Gasteiger partial charge in [0.05, 0.1) is 12.8 Å². The lowest BCUT2D eigenvalue weighted by Crippen LogP contribution is -2.29. The Labute approximate surface area is 104 Å². The maximum atomic E-state index is 11.6. The van der Waals surface area contributed by atoms with E-state index in [4.69, 9.17) is 0 Å². The zero-order chi connectivity index (χ0) is 13.4. The van der Waals surface area contributed by atoms with Crippen LogP contribution in [0.3, 0.4) is 0 Å². The van der Waals surface area contributed by atoms with Crippen LogP contribution in [0.15, 0.2) is 29.6 Å². The van der Waals surface area contributed by atoms with Crippen molar-refractivity contribution in [2.45, 2.75) is 0 Å². The highest BCUT2D eigenvalue weighted by Crippen LogP contribution is 2.03. The molecule has 0 radical (unpaired) electrons. The van der Waals surface area contributed by atoms with Gasteiger partial charge in [-0.1, -0.05) is 0 Å². The number of pyridine rings is 1. The summed E-state index contributed by atoms with van der Waals surface area (Å²) in [5.74, 6) is -1.38. The van der Waals surface area contributed by atoms with E-state index < -0.39 is 11.8 Å². The fraction of sp³-hybridized carbons (Fsp3) is 0.273. The van der Waals surface area contributed by atoms with E-state index in [-0.39, 0.29) is 12.3 Å². The van der Waals surface area contributed by atoms with E-state index >= 15 is 0 Å². The number of anilines is 1. The first kappa shape index (κ1) is 13.8. The molecule has 0 amide bonds. The van der Waals surface area contributed by atoms with Gasteiger partial charge in [0.1, 0.15) is 6.61 Å². The van der Waals surface area contributed by atoms with Crippen molar-refractivity contribution in [2.75, 3.05) is 26.3 Å². The Morgan fingerprint density at radius 1 is 1.33 bits per heavy atom. The van der Waals surface area contributed by atoms with Gasteiger partial charge in [0, 0.05) is 19.5 Å². The molecular weight excluding hydrogens is 238 g/mol. The molecule has 0 aliphatic rings. The minimum Gasteiger partial charge on any atom is -0.464 e. The summed E-state index contributed by atoms with van der Waals surface area (Å²) in [5, 5.41) is 3.72. The van der Waals surface area contributed by atoms with E-state index in [1.165, 1.54) is 14.2 Å². The van der Waals surface area contributed by atoms with Crippen LogP contribution in [0.1, 0.15) is 0 Å². The van der Waals surface area contributed by atoms with Gasteiger partial charge in [0.2, 0.25) is 11.5 Å². The normalized spacial score (nSPS) is 10.9. The number of carbonyl (C=O) groups excluding carboxylic acids is 2. The Hall–Kier alpha value is -2.28. The third-order valence-electron chi connectivity index (χ3n) is 1.90. The van der Waals surface area contributed by atoms with Crippen molar-refractivity contribution in [3.63, 3.8) is 0 Å². The Kier molecular flexibility index (Phi) is 5.46. The topological polar surface area (TPSA) is 89.9 Å². The number of esters is 1. The predicted molar refractivity (Wildman–Crippen MR) is 64.2 cm³/mol. The zero-order valence-corrected chi connectivity index (χ0v) is 10.0. The first-order chi connectivity index (χ1) is 8.69. The second kappa shape index (κ2) is 7.13. The molecule has 7 nitrogen and oxygen atoms in total. The van der Waals surface area contributed by atoms with E-state index in [9.17, 15) is 9.59 Å². The second-order valence-corrected chi connectivity index (χ2v) is 3.16. The number of carbonyl (C=O) groups is 2. The standard InChI is InChI=1S/C11H13N3O4/c1-17-7-9(15)10(11(16)18-2)14-13-8-3-5-12-6-4-8/h3-6H,7H2,1-2H3,(H,12,13). The molecule has 0 aliphatic carbocycles. The Morgan fingerprint density at radius 2 is 2.00 bits per heavy atom. The van der Waals surface area contributed by atoms with Crippen molar-refractivity contribution in [3.05, 3.63) is 24.5 Å². The van der Waals surface area contributed by atoms with Crippen LogP contribution in [0.4, 0.5) is 5.69 Å². The third-order valence-corrected chi connectivity index (χ3v) is 1.90. The highest BCUT2D eigenvalue weighted by molar-refractivity contribution is 6.64. The maximum Gasteiger partial charge on any atom is 0.362 e. The molecule has 1 N–H and O–H groups in total. The molecule has 0 bridgehead atoms. The fourth-order valence-corrected chi connectivity index (χ4v) is 1.06. The summed E-state index contributed by atoms with van der Waals surface area (Å²) >= 11 is 0. The van der Waals surface area contributed by atoms with Crippen molar-refractivity contribution < 1.29 is 19.1 Å². The van der Waals surface area contributed by atoms with Crippen LogP contribution in [-0.4, -0.2) is 43.3 Å². The number of Topliss-reactive ketones (excluding diaryl/α,β-unsaturated/α-hetero) is 1. The lowest BCUT2D eigenvalue weighted by Gasteiger charge is -2.04. The fourth-order valence-electron chi connectivity index (χ4n) is 1.06. The summed E-state index contributed by atoms with van der Waals surface area (Å²) in [6.45, 7) is -0.244. The highest BCUT2D eigenvalue weighted by atomic mass is 16.5. The third kappa shape index (κ3) is 3.95. The molecule has 0 unspecified atom stereocenters. The highest BCUT2D eigenvalue weighted by Gasteiger charge is 2.21. The first-order valence-corrected chi connectivity index (χ1v) is 5.03. The number of nitrogens with one attached hydrogen (secondary N) is 1. The predicted octanol–water partition coefficient (Wildman–Crippen LogP) is 0.238. The van der Waals surface area contributed by atoms with Crippen LogP contribution in [0, 0.1) is 0 Å². The minimum atomic E-state index is -0.821. The Balaban J connectivity index is 2.83. The molecule has 1 rings (SSSR count). The largest absolute Gasteiger partial charge is 0.464 e. The molecule has 0 aromatic carbocycles. The lowest BCUT2D eigenvalue weighted by molar-refractivity contribution is -0.133. The molecule has 0 spiro atoms. The van der Waals surface area contributed by atoms with Crippen LogP contribution in [-0.2, 0) is 19.1 Å². The maximum absolute atomic E-state index is 11.6. The van der Waals surface area contributed by atoms with Crippen molar-refractivity contribution in [2.24, 2.45) is 5.10 Å². The number of hydrogen-bond acceptors (Lipinski definition) is 7. The summed E-state index contributed by atoms with van der Waals surface area (Å²) < 4.78 is 9.13. The van der Waals surface area contributed by atoms with E-state index in [0.717, 1.165) is 0 Å². The van der Waals surface area contributed by atoms with Gasteiger partial charge >= 0.3 is 5.97 Å². The number of nitrogens with zero attached hydrogens (tertiary/aromatic N) is 2. The zero-order valence-electron chi connectivity index (χ0n) is 10.0. The van der Waals surface area contributed by atoms with Gasteiger partial charge in [-0.2, -0.15) is 5.10 Å². The smallest absolute Gasteiger partial charge is 0.362 e. The number of aromatic nitrogens is 1. The number of hydrazone groups is 1. The van der Waals surface area contributed by atoms with Crippen LogP contribution >= 0.6 is 0 Å². The van der Waals surface area contributed by atoms with Crippen molar-refractivity contribution in [1.82, 2.24) is 4.98 Å². The summed E-state index contributed by atoms with van der Waals surface area (Å²) in [4.78, 5) is 26.7. The van der Waals surface area contributed by atoms with Crippen LogP contribution in [0.2, 0.25) is 0 Å². The van der Waals surface area contributed by atoms with Crippen LogP contribution in [0.5, 0.6) is 0 Å². The molecule has 0 saturated heterocycles. The van der Waals surface area contributed by atoms with Gasteiger partial charge in [-0.3, -0.25) is 15.2 Å². The van der Waals surface area contributed by atoms with Gasteiger partial charge in [-0.05, 0) is 12.1 Å². The van der Waals surface area contributed by atoms with Gasteiger partial charge in [-0.15, -0.1) is 0 Å². The Bertz CT molecular complexity index is 445. The molecule has 0 atom stereocenters. The number of ketones is 1. The minimum absolute atomic E-state index is 0.244. The van der Waals surface area contributed by atoms with E-state index in [0.29, 0.717) is 5.69 Å². The average molecular weight is 251 g/mol. The van der Waals surface area contributed by atoms with E-state index in [2.05, 4.69) is 25.0 Å². The quantitative estimate of drug-likeness (QED) is 0.337. The number of hydrogen-bond donors (Lipinski definition) is 1. The first-order valence-electron chi connectivity index (χ1n) is 5.03. The molecule has 1 aromatic heterocycles. The van der Waals surface area contributed by atoms with Crippen molar-refractivity contribution in [1.29, 1.82) is 0 Å².